The Labute approximate surface area is 149 Å². The third-order valence-electron chi connectivity index (χ3n) is 3.98. The second-order valence-corrected chi connectivity index (χ2v) is 6.45. The molecular weight excluding hydrogens is 330 g/mol. The summed E-state index contributed by atoms with van der Waals surface area (Å²) in [6.07, 6.45) is 0. The third kappa shape index (κ3) is 3.03. The van der Waals surface area contributed by atoms with Crippen molar-refractivity contribution < 1.29 is 4.79 Å². The van der Waals surface area contributed by atoms with Gasteiger partial charge in [0.05, 0.1) is 5.69 Å². The van der Waals surface area contributed by atoms with E-state index in [1.807, 2.05) is 72.1 Å². The number of carbonyl (C=O) groups excluding carboxylic acids is 1. The Morgan fingerprint density at radius 1 is 0.920 bits per heavy atom. The summed E-state index contributed by atoms with van der Waals surface area (Å²) in [5.74, 6) is 5.76. The van der Waals surface area contributed by atoms with Crippen LogP contribution in [0, 0.1) is 0 Å². The zero-order valence-electron chi connectivity index (χ0n) is 13.3. The second-order valence-electron chi connectivity index (χ2n) is 5.62. The Bertz CT molecular complexity index is 1040. The highest BCUT2D eigenvalue weighted by Crippen LogP contribution is 2.27. The minimum absolute atomic E-state index is 0.278. The summed E-state index contributed by atoms with van der Waals surface area (Å²) in [5, 5.41) is 5.57. The normalized spacial score (nSPS) is 10.8. The van der Waals surface area contributed by atoms with Crippen LogP contribution < -0.4 is 10.9 Å². The first-order valence-electron chi connectivity index (χ1n) is 7.81. The molecule has 0 atom stereocenters. The van der Waals surface area contributed by atoms with Gasteiger partial charge in [-0.3, -0.25) is 4.79 Å². The van der Waals surface area contributed by atoms with Gasteiger partial charge >= 0.3 is 0 Å². The van der Waals surface area contributed by atoms with Crippen LogP contribution in [0.15, 0.2) is 78.2 Å². The predicted molar refractivity (Wildman–Crippen MR) is 102 cm³/mol. The number of nitrogens with two attached hydrogens (primary N) is 1. The molecule has 4 aromatic rings. The number of benzene rings is 3. The highest BCUT2D eigenvalue weighted by molar-refractivity contribution is 7.14. The molecule has 4 nitrogen and oxygen atoms in total. The summed E-state index contributed by atoms with van der Waals surface area (Å²) in [6.45, 7) is 0. The van der Waals surface area contributed by atoms with Gasteiger partial charge in [-0.2, -0.15) is 0 Å². The number of amides is 1. The minimum Gasteiger partial charge on any atom is -0.267 e. The summed E-state index contributed by atoms with van der Waals surface area (Å²) in [7, 11) is 0. The quantitative estimate of drug-likeness (QED) is 0.338. The van der Waals surface area contributed by atoms with Crippen LogP contribution in [0.3, 0.4) is 0 Å². The fourth-order valence-electron chi connectivity index (χ4n) is 2.66. The Balaban J connectivity index is 1.62. The number of thiazole rings is 1. The molecule has 3 aromatic carbocycles. The molecule has 0 bridgehead atoms. The van der Waals surface area contributed by atoms with E-state index in [-0.39, 0.29) is 5.91 Å². The standard InChI is InChI=1S/C20H15N3OS/c21-23(20-22-18(13-25-20)15-7-2-1-3-8-15)19(24)17-11-10-14-6-4-5-9-16(14)12-17/h1-13H,21H2. The van der Waals surface area contributed by atoms with Crippen molar-refractivity contribution in [2.75, 3.05) is 5.01 Å². The van der Waals surface area contributed by atoms with E-state index in [2.05, 4.69) is 4.98 Å². The van der Waals surface area contributed by atoms with Crippen LogP contribution in [0.25, 0.3) is 22.0 Å². The predicted octanol–water partition coefficient (Wildman–Crippen LogP) is 4.48. The number of carbonyl (C=O) groups is 1. The van der Waals surface area contributed by atoms with Crippen molar-refractivity contribution in [1.82, 2.24) is 4.98 Å². The van der Waals surface area contributed by atoms with Gasteiger partial charge < -0.3 is 0 Å². The lowest BCUT2D eigenvalue weighted by Gasteiger charge is -2.13. The summed E-state index contributed by atoms with van der Waals surface area (Å²) in [6, 6.07) is 23.3. The Hall–Kier alpha value is -3.02. The minimum atomic E-state index is -0.278. The maximum atomic E-state index is 12.7. The fourth-order valence-corrected chi connectivity index (χ4v) is 3.42. The Morgan fingerprint density at radius 3 is 2.44 bits per heavy atom. The lowest BCUT2D eigenvalue weighted by atomic mass is 10.1. The van der Waals surface area contributed by atoms with Gasteiger partial charge in [0.15, 0.2) is 0 Å². The molecule has 2 N–H and O–H groups in total. The summed E-state index contributed by atoms with van der Waals surface area (Å²) in [4.78, 5) is 17.2. The van der Waals surface area contributed by atoms with Crippen LogP contribution in [0.5, 0.6) is 0 Å². The summed E-state index contributed by atoms with van der Waals surface area (Å²) in [5.41, 5.74) is 2.34. The number of anilines is 1. The molecule has 25 heavy (non-hydrogen) atoms. The summed E-state index contributed by atoms with van der Waals surface area (Å²) >= 11 is 1.35. The number of hydrogen-bond donors (Lipinski definition) is 1. The van der Waals surface area contributed by atoms with E-state index in [4.69, 9.17) is 5.84 Å². The number of hydrogen-bond acceptors (Lipinski definition) is 4. The number of hydrazine groups is 1. The van der Waals surface area contributed by atoms with Crippen LogP contribution in [-0.4, -0.2) is 10.9 Å². The Kier molecular flexibility index (Phi) is 4.01. The van der Waals surface area contributed by atoms with Crippen LogP contribution in [-0.2, 0) is 0 Å². The van der Waals surface area contributed by atoms with E-state index in [1.54, 1.807) is 6.07 Å². The molecule has 0 saturated heterocycles. The first-order valence-corrected chi connectivity index (χ1v) is 8.69. The van der Waals surface area contributed by atoms with Gasteiger partial charge in [0.25, 0.3) is 5.91 Å². The van der Waals surface area contributed by atoms with Crippen LogP contribution in [0.1, 0.15) is 10.4 Å². The van der Waals surface area contributed by atoms with Gasteiger partial charge in [-0.15, -0.1) is 11.3 Å². The van der Waals surface area contributed by atoms with E-state index in [9.17, 15) is 4.79 Å². The molecule has 0 saturated carbocycles. The SMILES string of the molecule is NN(C(=O)c1ccc2ccccc2c1)c1nc(-c2ccccc2)cs1. The number of fused-ring (bicyclic) bond motifs is 1. The molecule has 5 heteroatoms. The molecule has 1 heterocycles. The molecule has 0 unspecified atom stereocenters. The molecule has 1 aromatic heterocycles. The summed E-state index contributed by atoms with van der Waals surface area (Å²) < 4.78 is 0. The first kappa shape index (κ1) is 15.5. The maximum absolute atomic E-state index is 12.7. The van der Waals surface area contributed by atoms with Gasteiger partial charge in [-0.1, -0.05) is 60.7 Å². The van der Waals surface area contributed by atoms with E-state index in [1.165, 1.54) is 11.3 Å². The van der Waals surface area contributed by atoms with Crippen LogP contribution in [0.4, 0.5) is 5.13 Å². The fraction of sp³-hybridized carbons (Fsp3) is 0. The number of nitrogens with zero attached hydrogens (tertiary/aromatic N) is 2. The molecule has 122 valence electrons. The average molecular weight is 345 g/mol. The molecule has 4 rings (SSSR count). The molecule has 1 amide bonds. The monoisotopic (exact) mass is 345 g/mol. The van der Waals surface area contributed by atoms with Crippen molar-refractivity contribution in [2.24, 2.45) is 5.84 Å². The Morgan fingerprint density at radius 2 is 1.64 bits per heavy atom. The van der Waals surface area contributed by atoms with Crippen molar-refractivity contribution in [1.29, 1.82) is 0 Å². The topological polar surface area (TPSA) is 59.2 Å². The second kappa shape index (κ2) is 6.47. The third-order valence-corrected chi connectivity index (χ3v) is 4.82. The molecule has 0 aliphatic heterocycles. The molecule has 0 fully saturated rings. The smallest absolute Gasteiger partial charge is 0.267 e. The van der Waals surface area contributed by atoms with E-state index in [0.717, 1.165) is 27.0 Å². The van der Waals surface area contributed by atoms with Crippen LogP contribution >= 0.6 is 11.3 Å². The van der Waals surface area contributed by atoms with Crippen molar-refractivity contribution in [3.8, 4) is 11.3 Å². The molecule has 0 aliphatic rings. The first-order chi connectivity index (χ1) is 12.2. The molecule has 0 spiro atoms. The van der Waals surface area contributed by atoms with Gasteiger partial charge in [-0.05, 0) is 22.9 Å². The van der Waals surface area contributed by atoms with E-state index in [0.29, 0.717) is 10.7 Å². The average Bonchev–Trinajstić information content (AvgIpc) is 3.17. The van der Waals surface area contributed by atoms with Gasteiger partial charge in [0.2, 0.25) is 5.13 Å². The van der Waals surface area contributed by atoms with Crippen LogP contribution in [0.2, 0.25) is 0 Å². The zero-order valence-corrected chi connectivity index (χ0v) is 14.1. The highest BCUT2D eigenvalue weighted by Gasteiger charge is 2.18. The van der Waals surface area contributed by atoms with Gasteiger partial charge in [0, 0.05) is 16.5 Å². The van der Waals surface area contributed by atoms with Gasteiger partial charge in [0.1, 0.15) is 0 Å². The zero-order chi connectivity index (χ0) is 17.2. The largest absolute Gasteiger partial charge is 0.274 e. The van der Waals surface area contributed by atoms with Gasteiger partial charge in [-0.25, -0.2) is 15.8 Å². The van der Waals surface area contributed by atoms with E-state index < -0.39 is 0 Å². The highest BCUT2D eigenvalue weighted by atomic mass is 32.1. The lowest BCUT2D eigenvalue weighted by molar-refractivity contribution is 0.0987. The lowest BCUT2D eigenvalue weighted by Crippen LogP contribution is -2.37. The number of rotatable bonds is 3. The maximum Gasteiger partial charge on any atom is 0.274 e. The van der Waals surface area contributed by atoms with Crippen molar-refractivity contribution in [2.45, 2.75) is 0 Å². The molecule has 0 radical (unpaired) electrons. The van der Waals surface area contributed by atoms with E-state index >= 15 is 0 Å². The molecule has 0 aliphatic carbocycles. The number of aromatic nitrogens is 1. The van der Waals surface area contributed by atoms with Crippen molar-refractivity contribution in [3.05, 3.63) is 83.7 Å². The van der Waals surface area contributed by atoms with Crippen molar-refractivity contribution >= 4 is 33.1 Å². The van der Waals surface area contributed by atoms with Crippen molar-refractivity contribution in [3.63, 3.8) is 0 Å². The molecular formula is C20H15N3OS.